The van der Waals surface area contributed by atoms with E-state index in [1.54, 1.807) is 6.92 Å². The van der Waals surface area contributed by atoms with E-state index >= 15 is 0 Å². The molecule has 0 aliphatic rings. The van der Waals surface area contributed by atoms with Crippen molar-refractivity contribution in [2.75, 3.05) is 5.75 Å². The molecule has 2 atom stereocenters. The van der Waals surface area contributed by atoms with Crippen LogP contribution in [0, 0.1) is 0 Å². The molecule has 3 rings (SSSR count). The van der Waals surface area contributed by atoms with E-state index in [1.807, 2.05) is 55.5 Å². The largest absolute Gasteiger partial charge is 0.452 e. The lowest BCUT2D eigenvalue weighted by atomic mass is 10.1. The number of carbonyl (C=O) groups excluding carboxylic acids is 2. The zero-order chi connectivity index (χ0) is 21.3. The number of fused-ring (bicyclic) bond motifs is 1. The number of thioether (sulfide) groups is 1. The second-order valence-electron chi connectivity index (χ2n) is 7.36. The van der Waals surface area contributed by atoms with Crippen LogP contribution in [0.15, 0.2) is 77.7 Å². The summed E-state index contributed by atoms with van der Waals surface area (Å²) in [6, 6.07) is 24.3. The Kier molecular flexibility index (Phi) is 7.91. The maximum Gasteiger partial charge on any atom is 0.317 e. The Hall–Kier alpha value is -2.79. The van der Waals surface area contributed by atoms with Crippen LogP contribution in [0.3, 0.4) is 0 Å². The number of ether oxygens (including phenoxy) is 1. The maximum atomic E-state index is 12.3. The van der Waals surface area contributed by atoms with Crippen LogP contribution in [-0.2, 0) is 20.7 Å². The van der Waals surface area contributed by atoms with Gasteiger partial charge in [0.2, 0.25) is 0 Å². The molecule has 5 heteroatoms. The van der Waals surface area contributed by atoms with Crippen molar-refractivity contribution in [1.29, 1.82) is 0 Å². The van der Waals surface area contributed by atoms with Crippen molar-refractivity contribution >= 4 is 34.4 Å². The second kappa shape index (κ2) is 10.8. The van der Waals surface area contributed by atoms with Crippen LogP contribution >= 0.6 is 11.8 Å². The standard InChI is InChI=1S/C25H27NO3S/c1-18(12-13-20-8-4-3-5-9-20)26-25(28)19(2)29-24(27)17-30-23-15-14-21-10-6-7-11-22(21)16-23/h3-11,14-16,18-19H,12-13,17H2,1-2H3,(H,26,28)/t18-,19+/m1/s1. The van der Waals surface area contributed by atoms with Crippen molar-refractivity contribution < 1.29 is 14.3 Å². The Morgan fingerprint density at radius 3 is 2.40 bits per heavy atom. The number of hydrogen-bond acceptors (Lipinski definition) is 4. The fraction of sp³-hybridized carbons (Fsp3) is 0.280. The minimum Gasteiger partial charge on any atom is -0.452 e. The Morgan fingerprint density at radius 2 is 1.63 bits per heavy atom. The fourth-order valence-corrected chi connectivity index (χ4v) is 3.87. The number of carbonyl (C=O) groups is 2. The third-order valence-corrected chi connectivity index (χ3v) is 5.82. The van der Waals surface area contributed by atoms with Gasteiger partial charge in [-0.3, -0.25) is 9.59 Å². The van der Waals surface area contributed by atoms with Gasteiger partial charge in [0.1, 0.15) is 0 Å². The van der Waals surface area contributed by atoms with E-state index in [9.17, 15) is 9.59 Å². The molecule has 156 valence electrons. The summed E-state index contributed by atoms with van der Waals surface area (Å²) in [4.78, 5) is 25.5. The lowest BCUT2D eigenvalue weighted by Crippen LogP contribution is -2.41. The van der Waals surface area contributed by atoms with Gasteiger partial charge in [0, 0.05) is 10.9 Å². The molecule has 0 saturated heterocycles. The van der Waals surface area contributed by atoms with Gasteiger partial charge in [-0.25, -0.2) is 0 Å². The Balaban J connectivity index is 1.40. The zero-order valence-electron chi connectivity index (χ0n) is 17.3. The number of rotatable bonds is 9. The number of benzene rings is 3. The number of aryl methyl sites for hydroxylation is 1. The lowest BCUT2D eigenvalue weighted by Gasteiger charge is -2.18. The molecule has 0 fully saturated rings. The number of hydrogen-bond donors (Lipinski definition) is 1. The smallest absolute Gasteiger partial charge is 0.317 e. The van der Waals surface area contributed by atoms with Crippen LogP contribution < -0.4 is 5.32 Å². The summed E-state index contributed by atoms with van der Waals surface area (Å²) in [5.74, 6) is -0.494. The van der Waals surface area contributed by atoms with E-state index in [2.05, 4.69) is 29.6 Å². The Bertz CT molecular complexity index is 990. The van der Waals surface area contributed by atoms with Gasteiger partial charge in [-0.2, -0.15) is 0 Å². The van der Waals surface area contributed by atoms with Crippen molar-refractivity contribution in [3.8, 4) is 0 Å². The second-order valence-corrected chi connectivity index (χ2v) is 8.41. The van der Waals surface area contributed by atoms with Crippen molar-refractivity contribution in [1.82, 2.24) is 5.32 Å². The van der Waals surface area contributed by atoms with Crippen molar-refractivity contribution in [3.05, 3.63) is 78.4 Å². The summed E-state index contributed by atoms with van der Waals surface area (Å²) in [5, 5.41) is 5.22. The molecule has 0 aromatic heterocycles. The predicted octanol–water partition coefficient (Wildman–Crippen LogP) is 5.00. The highest BCUT2D eigenvalue weighted by Gasteiger charge is 2.19. The summed E-state index contributed by atoms with van der Waals surface area (Å²) >= 11 is 1.41. The van der Waals surface area contributed by atoms with Gasteiger partial charge in [-0.15, -0.1) is 11.8 Å². The first-order valence-corrected chi connectivity index (χ1v) is 11.1. The molecule has 0 aliphatic heterocycles. The van der Waals surface area contributed by atoms with Crippen LogP contribution in [0.1, 0.15) is 25.8 Å². The molecule has 0 unspecified atom stereocenters. The van der Waals surface area contributed by atoms with Gasteiger partial charge >= 0.3 is 5.97 Å². The highest BCUT2D eigenvalue weighted by Crippen LogP contribution is 2.23. The predicted molar refractivity (Wildman–Crippen MR) is 123 cm³/mol. The van der Waals surface area contributed by atoms with Crippen molar-refractivity contribution in [3.63, 3.8) is 0 Å². The molecule has 3 aromatic rings. The summed E-state index contributed by atoms with van der Waals surface area (Å²) < 4.78 is 5.31. The lowest BCUT2D eigenvalue weighted by molar-refractivity contribution is -0.152. The minimum absolute atomic E-state index is 0.00540. The Labute approximate surface area is 182 Å². The van der Waals surface area contributed by atoms with Gasteiger partial charge in [0.15, 0.2) is 6.10 Å². The molecule has 0 radical (unpaired) electrons. The molecule has 3 aromatic carbocycles. The van der Waals surface area contributed by atoms with E-state index in [1.165, 1.54) is 17.3 Å². The molecule has 30 heavy (non-hydrogen) atoms. The molecule has 0 aliphatic carbocycles. The fourth-order valence-electron chi connectivity index (χ4n) is 3.14. The van der Waals surface area contributed by atoms with Gasteiger partial charge < -0.3 is 10.1 Å². The molecule has 1 N–H and O–H groups in total. The van der Waals surface area contributed by atoms with Crippen LogP contribution in [0.2, 0.25) is 0 Å². The number of esters is 1. The molecular formula is C25H27NO3S. The SMILES string of the molecule is C[C@H](CCc1ccccc1)NC(=O)[C@H](C)OC(=O)CSc1ccc2ccccc2c1. The van der Waals surface area contributed by atoms with Crippen LogP contribution in [0.5, 0.6) is 0 Å². The molecule has 4 nitrogen and oxygen atoms in total. The van der Waals surface area contributed by atoms with Crippen LogP contribution in [-0.4, -0.2) is 29.8 Å². The van der Waals surface area contributed by atoms with E-state index in [4.69, 9.17) is 4.74 Å². The third kappa shape index (κ3) is 6.63. The highest BCUT2D eigenvalue weighted by molar-refractivity contribution is 8.00. The summed E-state index contributed by atoms with van der Waals surface area (Å²) in [7, 11) is 0. The van der Waals surface area contributed by atoms with Crippen molar-refractivity contribution in [2.45, 2.75) is 43.7 Å². The van der Waals surface area contributed by atoms with Crippen LogP contribution in [0.4, 0.5) is 0 Å². The average molecular weight is 422 g/mol. The first kappa shape index (κ1) is 21.9. The minimum atomic E-state index is -0.811. The van der Waals surface area contributed by atoms with E-state index in [-0.39, 0.29) is 17.7 Å². The maximum absolute atomic E-state index is 12.3. The van der Waals surface area contributed by atoms with E-state index in [0.717, 1.165) is 28.5 Å². The summed E-state index contributed by atoms with van der Waals surface area (Å²) in [6.07, 6.45) is 0.904. The van der Waals surface area contributed by atoms with Gasteiger partial charge in [0.25, 0.3) is 5.91 Å². The summed E-state index contributed by atoms with van der Waals surface area (Å²) in [5.41, 5.74) is 1.24. The molecule has 0 heterocycles. The quantitative estimate of drug-likeness (QED) is 0.390. The van der Waals surface area contributed by atoms with Gasteiger partial charge in [-0.05, 0) is 55.2 Å². The van der Waals surface area contributed by atoms with Crippen LogP contribution in [0.25, 0.3) is 10.8 Å². The first-order valence-electron chi connectivity index (χ1n) is 10.2. The molecule has 0 saturated carbocycles. The highest BCUT2D eigenvalue weighted by atomic mass is 32.2. The average Bonchev–Trinajstić information content (AvgIpc) is 2.76. The van der Waals surface area contributed by atoms with Crippen molar-refractivity contribution in [2.24, 2.45) is 0 Å². The van der Waals surface area contributed by atoms with Gasteiger partial charge in [-0.1, -0.05) is 60.7 Å². The molecular weight excluding hydrogens is 394 g/mol. The zero-order valence-corrected chi connectivity index (χ0v) is 18.2. The normalized spacial score (nSPS) is 12.9. The first-order chi connectivity index (χ1) is 14.5. The monoisotopic (exact) mass is 421 g/mol. The Morgan fingerprint density at radius 1 is 0.933 bits per heavy atom. The molecule has 1 amide bonds. The molecule has 0 bridgehead atoms. The van der Waals surface area contributed by atoms with E-state index < -0.39 is 12.1 Å². The van der Waals surface area contributed by atoms with E-state index in [0.29, 0.717) is 0 Å². The number of amides is 1. The third-order valence-electron chi connectivity index (χ3n) is 4.85. The van der Waals surface area contributed by atoms with Gasteiger partial charge in [0.05, 0.1) is 5.75 Å². The summed E-state index contributed by atoms with van der Waals surface area (Å²) in [6.45, 7) is 3.57. The topological polar surface area (TPSA) is 55.4 Å². The number of nitrogens with one attached hydrogen (secondary N) is 1. The molecule has 0 spiro atoms.